The van der Waals surface area contributed by atoms with Crippen molar-refractivity contribution < 1.29 is 28.6 Å². The molecule has 2 aromatic carbocycles. The van der Waals surface area contributed by atoms with Gasteiger partial charge in [-0.25, -0.2) is 4.79 Å². The molecule has 0 aromatic heterocycles. The molecule has 1 N–H and O–H groups in total. The Labute approximate surface area is 198 Å². The lowest BCUT2D eigenvalue weighted by molar-refractivity contribution is -0.143. The van der Waals surface area contributed by atoms with Gasteiger partial charge in [0.2, 0.25) is 0 Å². The first kappa shape index (κ1) is 23.5. The van der Waals surface area contributed by atoms with E-state index in [1.807, 2.05) is 0 Å². The zero-order chi connectivity index (χ0) is 23.4. The van der Waals surface area contributed by atoms with Crippen molar-refractivity contribution >= 4 is 70.1 Å². The molecule has 11 heteroatoms. The van der Waals surface area contributed by atoms with Crippen LogP contribution in [0.1, 0.15) is 5.56 Å². The van der Waals surface area contributed by atoms with Crippen molar-refractivity contribution in [2.24, 2.45) is 0 Å². The summed E-state index contributed by atoms with van der Waals surface area (Å²) in [5, 5.41) is 2.71. The van der Waals surface area contributed by atoms with Crippen molar-refractivity contribution in [1.82, 2.24) is 5.32 Å². The van der Waals surface area contributed by atoms with E-state index in [2.05, 4.69) is 10.1 Å². The van der Waals surface area contributed by atoms with Crippen LogP contribution in [-0.2, 0) is 19.1 Å². The Bertz CT molecular complexity index is 1150. The van der Waals surface area contributed by atoms with Gasteiger partial charge in [0.25, 0.3) is 11.8 Å². The summed E-state index contributed by atoms with van der Waals surface area (Å²) in [6.45, 7) is -0.305. The number of hydrogen-bond acceptors (Lipinski definition) is 7. The van der Waals surface area contributed by atoms with Gasteiger partial charge >= 0.3 is 5.97 Å². The van der Waals surface area contributed by atoms with E-state index in [-0.39, 0.29) is 44.5 Å². The van der Waals surface area contributed by atoms with Gasteiger partial charge in [-0.15, -0.1) is 0 Å². The van der Waals surface area contributed by atoms with Gasteiger partial charge in [-0.1, -0.05) is 35.3 Å². The Hall–Kier alpha value is -3.14. The van der Waals surface area contributed by atoms with Gasteiger partial charge in [0.1, 0.15) is 5.57 Å². The van der Waals surface area contributed by atoms with Crippen LogP contribution in [0.5, 0.6) is 11.5 Å². The number of nitrogens with one attached hydrogen (secondary N) is 1. The van der Waals surface area contributed by atoms with Crippen molar-refractivity contribution in [3.8, 4) is 11.5 Å². The summed E-state index contributed by atoms with van der Waals surface area (Å²) in [6.07, 6.45) is 1.37. The Balaban J connectivity index is 1.95. The molecule has 1 aliphatic rings. The number of benzene rings is 2. The molecular weight excluding hydrogens is 479 g/mol. The predicted molar refractivity (Wildman–Crippen MR) is 123 cm³/mol. The molecule has 0 aliphatic carbocycles. The first-order valence-electron chi connectivity index (χ1n) is 9.00. The zero-order valence-corrected chi connectivity index (χ0v) is 19.1. The van der Waals surface area contributed by atoms with E-state index < -0.39 is 17.8 Å². The summed E-state index contributed by atoms with van der Waals surface area (Å²) < 4.78 is 15.2. The van der Waals surface area contributed by atoms with Gasteiger partial charge < -0.3 is 14.2 Å². The number of nitrogens with zero attached hydrogens (tertiary/aromatic N) is 1. The molecule has 0 unspecified atom stereocenters. The Morgan fingerprint density at radius 2 is 1.91 bits per heavy atom. The number of esters is 1. The van der Waals surface area contributed by atoms with Crippen LogP contribution >= 0.6 is 35.4 Å². The van der Waals surface area contributed by atoms with E-state index in [1.165, 1.54) is 26.4 Å². The van der Waals surface area contributed by atoms with Crippen LogP contribution in [-0.4, -0.2) is 43.7 Å². The minimum atomic E-state index is -0.673. The van der Waals surface area contributed by atoms with Gasteiger partial charge in [0.15, 0.2) is 23.2 Å². The third kappa shape index (κ3) is 4.85. The lowest BCUT2D eigenvalue weighted by Gasteiger charge is -2.29. The van der Waals surface area contributed by atoms with Crippen LogP contribution in [0.3, 0.4) is 0 Å². The second-order valence-electron chi connectivity index (χ2n) is 6.31. The normalized spacial score (nSPS) is 14.9. The number of hydrogen-bond donors (Lipinski definition) is 1. The largest absolute Gasteiger partial charge is 0.493 e. The van der Waals surface area contributed by atoms with Crippen molar-refractivity contribution in [2.75, 3.05) is 25.7 Å². The maximum absolute atomic E-state index is 13.1. The topological polar surface area (TPSA) is 94.2 Å². The first-order chi connectivity index (χ1) is 15.3. The fourth-order valence-corrected chi connectivity index (χ4v) is 3.45. The van der Waals surface area contributed by atoms with Gasteiger partial charge in [-0.2, -0.15) is 0 Å². The second-order valence-corrected chi connectivity index (χ2v) is 7.48. The summed E-state index contributed by atoms with van der Waals surface area (Å²) in [6, 6.07) is 9.41. The van der Waals surface area contributed by atoms with Crippen LogP contribution in [0.25, 0.3) is 6.08 Å². The molecule has 2 amide bonds. The molecule has 0 radical (unpaired) electrons. The standard InChI is InChI=1S/C21H16Cl2N2O6S/c1-29-16-9-11(6-7-15(16)31-10-17(26)30-2)8-12-19(27)24-21(32)25(20(12)28)14-5-3-4-13(22)18(14)23/h3-9H,10H2,1-2H3,(H,24,27,32)/b12-8+. The molecule has 1 fully saturated rings. The SMILES string of the molecule is COC(=O)COc1ccc(/C=C2\C(=O)NC(=S)N(c3cccc(Cl)c3Cl)C2=O)cc1OC. The number of carbonyl (C=O) groups excluding carboxylic acids is 3. The molecule has 0 spiro atoms. The van der Waals surface area contributed by atoms with Gasteiger partial charge in [0, 0.05) is 0 Å². The second kappa shape index (κ2) is 9.99. The predicted octanol–water partition coefficient (Wildman–Crippen LogP) is 3.39. The van der Waals surface area contributed by atoms with Crippen LogP contribution in [0.4, 0.5) is 5.69 Å². The number of anilines is 1. The lowest BCUT2D eigenvalue weighted by Crippen LogP contribution is -2.54. The molecule has 2 aromatic rings. The smallest absolute Gasteiger partial charge is 0.343 e. The Kier molecular flexibility index (Phi) is 7.34. The molecule has 8 nitrogen and oxygen atoms in total. The molecule has 3 rings (SSSR count). The minimum Gasteiger partial charge on any atom is -0.493 e. The summed E-state index contributed by atoms with van der Waals surface area (Å²) in [5.41, 5.74) is 0.528. The Morgan fingerprint density at radius 3 is 2.59 bits per heavy atom. The number of thiocarbonyl (C=S) groups is 1. The summed E-state index contributed by atoms with van der Waals surface area (Å²) in [7, 11) is 2.66. The van der Waals surface area contributed by atoms with Crippen LogP contribution in [0.15, 0.2) is 42.0 Å². The van der Waals surface area contributed by atoms with Gasteiger partial charge in [-0.05, 0) is 48.1 Å². The highest BCUT2D eigenvalue weighted by atomic mass is 35.5. The summed E-state index contributed by atoms with van der Waals surface area (Å²) >= 11 is 17.5. The fraction of sp³-hybridized carbons (Fsp3) is 0.143. The average molecular weight is 495 g/mol. The van der Waals surface area contributed by atoms with Crippen molar-refractivity contribution in [2.45, 2.75) is 0 Å². The monoisotopic (exact) mass is 494 g/mol. The average Bonchev–Trinajstić information content (AvgIpc) is 2.77. The number of methoxy groups -OCH3 is 2. The minimum absolute atomic E-state index is 0.120. The van der Waals surface area contributed by atoms with Gasteiger partial charge in [-0.3, -0.25) is 19.8 Å². The van der Waals surface area contributed by atoms with E-state index in [9.17, 15) is 14.4 Å². The fourth-order valence-electron chi connectivity index (χ4n) is 2.80. The molecule has 166 valence electrons. The van der Waals surface area contributed by atoms with E-state index in [0.29, 0.717) is 5.56 Å². The number of ether oxygens (including phenoxy) is 3. The highest BCUT2D eigenvalue weighted by Crippen LogP contribution is 2.35. The zero-order valence-electron chi connectivity index (χ0n) is 16.8. The number of carbonyl (C=O) groups is 3. The van der Waals surface area contributed by atoms with Crippen LogP contribution < -0.4 is 19.7 Å². The molecule has 1 aliphatic heterocycles. The summed E-state index contributed by atoms with van der Waals surface area (Å²) in [5.74, 6) is -1.32. The number of amides is 2. The molecule has 0 saturated carbocycles. The van der Waals surface area contributed by atoms with Crippen molar-refractivity contribution in [3.05, 3.63) is 57.6 Å². The highest BCUT2D eigenvalue weighted by Gasteiger charge is 2.35. The van der Waals surface area contributed by atoms with Crippen LogP contribution in [0.2, 0.25) is 10.0 Å². The number of halogens is 2. The van der Waals surface area contributed by atoms with E-state index in [0.717, 1.165) is 4.90 Å². The van der Waals surface area contributed by atoms with Crippen molar-refractivity contribution in [1.29, 1.82) is 0 Å². The maximum atomic E-state index is 13.1. The summed E-state index contributed by atoms with van der Waals surface area (Å²) in [4.78, 5) is 38.0. The lowest BCUT2D eigenvalue weighted by atomic mass is 10.1. The Morgan fingerprint density at radius 1 is 1.16 bits per heavy atom. The van der Waals surface area contributed by atoms with E-state index >= 15 is 0 Å². The molecular formula is C21H16Cl2N2O6S. The quantitative estimate of drug-likeness (QED) is 0.284. The van der Waals surface area contributed by atoms with E-state index in [1.54, 1.807) is 30.3 Å². The number of rotatable bonds is 6. The first-order valence-corrected chi connectivity index (χ1v) is 10.2. The molecule has 1 heterocycles. The third-order valence-electron chi connectivity index (χ3n) is 4.35. The molecule has 0 bridgehead atoms. The van der Waals surface area contributed by atoms with Gasteiger partial charge in [0.05, 0.1) is 30.0 Å². The highest BCUT2D eigenvalue weighted by molar-refractivity contribution is 7.80. The van der Waals surface area contributed by atoms with Crippen molar-refractivity contribution in [3.63, 3.8) is 0 Å². The molecule has 1 saturated heterocycles. The molecule has 0 atom stereocenters. The van der Waals surface area contributed by atoms with Crippen LogP contribution in [0, 0.1) is 0 Å². The third-order valence-corrected chi connectivity index (χ3v) is 5.44. The van der Waals surface area contributed by atoms with E-state index in [4.69, 9.17) is 44.9 Å². The maximum Gasteiger partial charge on any atom is 0.343 e. The molecule has 32 heavy (non-hydrogen) atoms.